The molecule has 14 rings (SSSR count). The first-order chi connectivity index (χ1) is 31.8. The van der Waals surface area contributed by atoms with Crippen LogP contribution in [0.4, 0.5) is 17.1 Å². The van der Waals surface area contributed by atoms with E-state index in [0.717, 1.165) is 46.1 Å². The van der Waals surface area contributed by atoms with Gasteiger partial charge in [0, 0.05) is 74.9 Å². The average molecular weight is 838 g/mol. The van der Waals surface area contributed by atoms with Gasteiger partial charge in [0.25, 0.3) is 0 Å². The van der Waals surface area contributed by atoms with Crippen LogP contribution in [0.2, 0.25) is 0 Å². The van der Waals surface area contributed by atoms with Gasteiger partial charge in [-0.25, -0.2) is 4.98 Å². The number of para-hydroxylation sites is 4. The quantitative estimate of drug-likeness (QED) is 0.177. The highest BCUT2D eigenvalue weighted by molar-refractivity contribution is 6.27. The van der Waals surface area contributed by atoms with Gasteiger partial charge in [-0.3, -0.25) is 4.57 Å². The van der Waals surface area contributed by atoms with Gasteiger partial charge in [0.15, 0.2) is 0 Å². The number of hydrogen-bond acceptors (Lipinski definition) is 4. The van der Waals surface area contributed by atoms with E-state index in [1.54, 1.807) is 0 Å². The molecule has 65 heavy (non-hydrogen) atoms. The van der Waals surface area contributed by atoms with Crippen molar-refractivity contribution < 1.29 is 4.74 Å². The Bertz CT molecular complexity index is 3840. The smallest absolute Gasteiger partial charge is 0.137 e. The van der Waals surface area contributed by atoms with Crippen LogP contribution in [-0.4, -0.2) is 27.8 Å². The molecule has 6 heterocycles. The fourth-order valence-electron chi connectivity index (χ4n) is 11.3. The van der Waals surface area contributed by atoms with E-state index in [0.29, 0.717) is 0 Å². The monoisotopic (exact) mass is 837 g/mol. The molecule has 0 N–H and O–H groups in total. The Morgan fingerprint density at radius 1 is 0.508 bits per heavy atom. The second-order valence-electron chi connectivity index (χ2n) is 18.9. The molecule has 11 aromatic rings. The molecule has 310 valence electrons. The molecule has 3 aliphatic rings. The van der Waals surface area contributed by atoms with Crippen molar-refractivity contribution in [1.29, 1.82) is 0 Å². The molecule has 8 aromatic carbocycles. The summed E-state index contributed by atoms with van der Waals surface area (Å²) in [6.45, 7) is 7.58. The lowest BCUT2D eigenvalue weighted by Gasteiger charge is -2.21. The lowest BCUT2D eigenvalue weighted by Crippen LogP contribution is -2.23. The van der Waals surface area contributed by atoms with E-state index in [1.807, 2.05) is 6.20 Å². The van der Waals surface area contributed by atoms with Crippen molar-refractivity contribution in [2.24, 2.45) is 0 Å². The summed E-state index contributed by atoms with van der Waals surface area (Å²) in [5, 5.41) is 4.87. The van der Waals surface area contributed by atoms with Gasteiger partial charge in [-0.1, -0.05) is 124 Å². The molecule has 0 radical (unpaired) electrons. The summed E-state index contributed by atoms with van der Waals surface area (Å²) in [4.78, 5) is 9.81. The van der Waals surface area contributed by atoms with Crippen molar-refractivity contribution in [2.75, 3.05) is 23.5 Å². The van der Waals surface area contributed by atoms with Crippen molar-refractivity contribution in [1.82, 2.24) is 14.1 Å². The van der Waals surface area contributed by atoms with Crippen LogP contribution in [0.3, 0.4) is 0 Å². The predicted molar refractivity (Wildman–Crippen MR) is 269 cm³/mol. The first-order valence-corrected chi connectivity index (χ1v) is 22.5. The fourth-order valence-corrected chi connectivity index (χ4v) is 11.3. The van der Waals surface area contributed by atoms with Gasteiger partial charge in [0.05, 0.1) is 45.8 Å². The van der Waals surface area contributed by atoms with Gasteiger partial charge < -0.3 is 19.1 Å². The number of hydrogen-bond donors (Lipinski definition) is 0. The zero-order valence-corrected chi connectivity index (χ0v) is 36.6. The minimum atomic E-state index is -0.0814. The van der Waals surface area contributed by atoms with Crippen molar-refractivity contribution >= 4 is 60.7 Å². The third-order valence-electron chi connectivity index (χ3n) is 14.2. The lowest BCUT2D eigenvalue weighted by atomic mass is 9.87. The third-order valence-corrected chi connectivity index (χ3v) is 14.2. The topological polar surface area (TPSA) is 38.5 Å². The van der Waals surface area contributed by atoms with Crippen molar-refractivity contribution in [3.63, 3.8) is 0 Å². The van der Waals surface area contributed by atoms with Crippen LogP contribution >= 0.6 is 0 Å². The maximum atomic E-state index is 6.89. The van der Waals surface area contributed by atoms with Crippen molar-refractivity contribution in [2.45, 2.75) is 26.2 Å². The third kappa shape index (κ3) is 5.02. The second kappa shape index (κ2) is 13.0. The van der Waals surface area contributed by atoms with E-state index >= 15 is 0 Å². The van der Waals surface area contributed by atoms with Crippen LogP contribution in [0, 0.1) is 0 Å². The number of fused-ring (bicyclic) bond motifs is 12. The molecular weight excluding hydrogens is 795 g/mol. The lowest BCUT2D eigenvalue weighted by molar-refractivity contribution is 0.483. The van der Waals surface area contributed by atoms with Gasteiger partial charge in [-0.05, 0) is 87.8 Å². The molecule has 0 saturated carbocycles. The fraction of sp³-hybridized carbons (Fsp3) is 0.102. The van der Waals surface area contributed by atoms with Gasteiger partial charge in [0.1, 0.15) is 17.3 Å². The summed E-state index contributed by atoms with van der Waals surface area (Å²) in [6.07, 6.45) is 1.97. The molecule has 0 atom stereocenters. The summed E-state index contributed by atoms with van der Waals surface area (Å²) in [5.74, 6) is 2.42. The maximum Gasteiger partial charge on any atom is 0.137 e. The largest absolute Gasteiger partial charge is 0.457 e. The van der Waals surface area contributed by atoms with Crippen LogP contribution in [0.1, 0.15) is 26.3 Å². The van der Waals surface area contributed by atoms with Crippen LogP contribution in [0.25, 0.3) is 99.6 Å². The summed E-state index contributed by atoms with van der Waals surface area (Å²) in [5.41, 5.74) is 20.3. The first kappa shape index (κ1) is 36.4. The van der Waals surface area contributed by atoms with E-state index in [4.69, 9.17) is 9.72 Å². The van der Waals surface area contributed by atoms with Crippen LogP contribution in [-0.2, 0) is 5.41 Å². The second-order valence-corrected chi connectivity index (χ2v) is 18.9. The predicted octanol–water partition coefficient (Wildman–Crippen LogP) is 15.2. The minimum Gasteiger partial charge on any atom is -0.457 e. The number of aromatic nitrogens is 3. The number of benzene rings is 8. The standard InChI is InChI=1S/C59H43N5O/c1-59(2,3)35-28-29-60-53(30-35)63-51-32-38(65-37-15-11-14-36(31-37)62-34-61(4)49-24-9-10-25-50(49)62)26-27-47(51)54-52(63)33-48-40-17-6-5-16-39(40)43-20-12-22-45-46-23-13-21-44-41-18-7-8-19-42(41)55(54)58(48)64(56(43)45)57(44)46/h5-33H,34H2,1-4H3. The normalized spacial score (nSPS) is 13.4. The molecule has 0 aliphatic carbocycles. The zero-order valence-electron chi connectivity index (χ0n) is 36.6. The van der Waals surface area contributed by atoms with Gasteiger partial charge in [-0.2, -0.15) is 0 Å². The molecular formula is C59H43N5O. The number of rotatable bonds is 4. The zero-order chi connectivity index (χ0) is 43.3. The summed E-state index contributed by atoms with van der Waals surface area (Å²) >= 11 is 0. The minimum absolute atomic E-state index is 0.0814. The Hall–Kier alpha value is -8.09. The molecule has 0 bridgehead atoms. The Kier molecular flexibility index (Phi) is 7.28. The molecule has 0 spiro atoms. The number of anilines is 3. The van der Waals surface area contributed by atoms with E-state index in [2.05, 4.69) is 217 Å². The van der Waals surface area contributed by atoms with Gasteiger partial charge in [0.2, 0.25) is 0 Å². The highest BCUT2D eigenvalue weighted by Gasteiger charge is 2.34. The van der Waals surface area contributed by atoms with Crippen LogP contribution in [0.5, 0.6) is 11.5 Å². The van der Waals surface area contributed by atoms with Crippen molar-refractivity contribution in [3.05, 3.63) is 182 Å². The van der Waals surface area contributed by atoms with E-state index < -0.39 is 0 Å². The number of ether oxygens (including phenoxy) is 1. The van der Waals surface area contributed by atoms with E-state index in [1.165, 1.54) is 94.3 Å². The number of pyridine rings is 1. The molecule has 0 fully saturated rings. The molecule has 6 heteroatoms. The molecule has 0 amide bonds. The summed E-state index contributed by atoms with van der Waals surface area (Å²) < 4.78 is 11.9. The molecule has 3 aliphatic heterocycles. The van der Waals surface area contributed by atoms with E-state index in [9.17, 15) is 0 Å². The first-order valence-electron chi connectivity index (χ1n) is 22.5. The van der Waals surface area contributed by atoms with E-state index in [-0.39, 0.29) is 5.41 Å². The Morgan fingerprint density at radius 3 is 1.88 bits per heavy atom. The highest BCUT2D eigenvalue weighted by atomic mass is 16.5. The maximum absolute atomic E-state index is 6.89. The Labute approximate surface area is 376 Å². The molecule has 3 aromatic heterocycles. The highest BCUT2D eigenvalue weighted by Crippen LogP contribution is 2.57. The van der Waals surface area contributed by atoms with Crippen molar-refractivity contribution in [3.8, 4) is 67.5 Å². The molecule has 0 saturated heterocycles. The summed E-state index contributed by atoms with van der Waals surface area (Å²) in [6, 6.07) is 62.2. The summed E-state index contributed by atoms with van der Waals surface area (Å²) in [7, 11) is 2.14. The van der Waals surface area contributed by atoms with Gasteiger partial charge >= 0.3 is 0 Å². The molecule has 0 unspecified atom stereocenters. The SMILES string of the molecule is CN1CN(c2cccc(Oc3ccc4c5c6c7c(cc5n(-c5cc(C(C)(C)C)ccn5)c4c3)-c3ccccc3-c3cccc4c5cccc(c5n-7c34)-c3ccccc3-6)c2)c2ccccc21. The van der Waals surface area contributed by atoms with Crippen LogP contribution < -0.4 is 14.5 Å². The molecule has 6 nitrogen and oxygen atoms in total. The average Bonchev–Trinajstić information content (AvgIpc) is 3.91. The number of nitrogens with zero attached hydrogens (tertiary/aromatic N) is 5. The Morgan fingerprint density at radius 2 is 1.14 bits per heavy atom. The van der Waals surface area contributed by atoms with Crippen LogP contribution in [0.15, 0.2) is 176 Å². The van der Waals surface area contributed by atoms with Gasteiger partial charge in [-0.15, -0.1) is 0 Å². The Balaban J connectivity index is 1.08.